The van der Waals surface area contributed by atoms with Gasteiger partial charge in [0.1, 0.15) is 10.5 Å². The zero-order chi connectivity index (χ0) is 15.5. The first-order valence-electron chi connectivity index (χ1n) is 6.37. The summed E-state index contributed by atoms with van der Waals surface area (Å²) in [5.41, 5.74) is -0.201. The third-order valence-electron chi connectivity index (χ3n) is 2.27. The first kappa shape index (κ1) is 16.4. The number of carboxylic acids is 1. The van der Waals surface area contributed by atoms with Gasteiger partial charge in [-0.1, -0.05) is 18.3 Å². The molecule has 0 aromatic carbocycles. The van der Waals surface area contributed by atoms with Crippen molar-refractivity contribution in [3.63, 3.8) is 0 Å². The molecular formula is C13H20N2O4S. The van der Waals surface area contributed by atoms with E-state index in [0.717, 1.165) is 17.8 Å². The second-order valence-electron chi connectivity index (χ2n) is 5.35. The fraction of sp³-hybridized carbons (Fsp3) is 0.615. The van der Waals surface area contributed by atoms with Gasteiger partial charge in [-0.3, -0.25) is 4.90 Å². The summed E-state index contributed by atoms with van der Waals surface area (Å²) in [6, 6.07) is 0. The van der Waals surface area contributed by atoms with Gasteiger partial charge in [-0.2, -0.15) is 0 Å². The molecule has 1 aromatic heterocycles. The smallest absolute Gasteiger partial charge is 0.416 e. The van der Waals surface area contributed by atoms with Gasteiger partial charge in [-0.25, -0.2) is 14.6 Å². The van der Waals surface area contributed by atoms with Crippen molar-refractivity contribution in [3.8, 4) is 0 Å². The molecular weight excluding hydrogens is 280 g/mol. The van der Waals surface area contributed by atoms with E-state index >= 15 is 0 Å². The molecule has 0 radical (unpaired) electrons. The van der Waals surface area contributed by atoms with Crippen LogP contribution in [0.25, 0.3) is 0 Å². The molecule has 0 fully saturated rings. The molecule has 0 atom stereocenters. The highest BCUT2D eigenvalue weighted by Crippen LogP contribution is 2.27. The summed E-state index contributed by atoms with van der Waals surface area (Å²) in [6.45, 7) is 9.32. The lowest BCUT2D eigenvalue weighted by Gasteiger charge is -2.25. The molecule has 0 aliphatic carbocycles. The lowest BCUT2D eigenvalue weighted by Crippen LogP contribution is -2.37. The van der Waals surface area contributed by atoms with E-state index in [1.165, 1.54) is 4.90 Å². The van der Waals surface area contributed by atoms with E-state index in [4.69, 9.17) is 9.84 Å². The minimum absolute atomic E-state index is 0.143. The SMILES string of the molecule is CCCN(C(=O)OC(C)(C)C)c1nc(C)c(C(=O)O)s1. The van der Waals surface area contributed by atoms with Crippen LogP contribution in [0.15, 0.2) is 0 Å². The van der Waals surface area contributed by atoms with Gasteiger partial charge < -0.3 is 9.84 Å². The van der Waals surface area contributed by atoms with Crippen LogP contribution in [0.5, 0.6) is 0 Å². The highest BCUT2D eigenvalue weighted by atomic mass is 32.1. The summed E-state index contributed by atoms with van der Waals surface area (Å²) in [6.07, 6.45) is 0.213. The monoisotopic (exact) mass is 300 g/mol. The molecule has 1 rings (SSSR count). The molecule has 0 aliphatic rings. The number of ether oxygens (including phenoxy) is 1. The summed E-state index contributed by atoms with van der Waals surface area (Å²) < 4.78 is 5.32. The predicted octanol–water partition coefficient (Wildman–Crippen LogP) is 3.30. The molecule has 7 heteroatoms. The molecule has 0 spiro atoms. The molecule has 1 N–H and O–H groups in total. The van der Waals surface area contributed by atoms with Crippen molar-refractivity contribution in [2.75, 3.05) is 11.4 Å². The van der Waals surface area contributed by atoms with Crippen LogP contribution in [0.4, 0.5) is 9.93 Å². The molecule has 1 heterocycles. The quantitative estimate of drug-likeness (QED) is 0.922. The maximum absolute atomic E-state index is 12.2. The zero-order valence-electron chi connectivity index (χ0n) is 12.4. The van der Waals surface area contributed by atoms with Crippen molar-refractivity contribution in [1.29, 1.82) is 0 Å². The number of amides is 1. The third kappa shape index (κ3) is 4.19. The third-order valence-corrected chi connectivity index (χ3v) is 3.44. The fourth-order valence-electron chi connectivity index (χ4n) is 1.50. The molecule has 1 amide bonds. The zero-order valence-corrected chi connectivity index (χ0v) is 13.2. The van der Waals surface area contributed by atoms with Crippen molar-refractivity contribution < 1.29 is 19.4 Å². The van der Waals surface area contributed by atoms with Crippen LogP contribution in [0.1, 0.15) is 49.5 Å². The molecule has 6 nitrogen and oxygen atoms in total. The minimum Gasteiger partial charge on any atom is -0.477 e. The molecule has 0 saturated heterocycles. The van der Waals surface area contributed by atoms with Crippen molar-refractivity contribution in [2.45, 2.75) is 46.6 Å². The number of aryl methyl sites for hydroxylation is 1. The predicted molar refractivity (Wildman–Crippen MR) is 77.7 cm³/mol. The van der Waals surface area contributed by atoms with Gasteiger partial charge in [0.05, 0.1) is 5.69 Å². The Bertz CT molecular complexity index is 505. The maximum atomic E-state index is 12.2. The average Bonchev–Trinajstić information content (AvgIpc) is 2.65. The first-order valence-corrected chi connectivity index (χ1v) is 7.18. The summed E-state index contributed by atoms with van der Waals surface area (Å²) in [7, 11) is 0. The fourth-order valence-corrected chi connectivity index (χ4v) is 2.42. The number of rotatable bonds is 4. The Balaban J connectivity index is 3.05. The van der Waals surface area contributed by atoms with Gasteiger partial charge in [0.25, 0.3) is 0 Å². The van der Waals surface area contributed by atoms with E-state index in [1.54, 1.807) is 27.7 Å². The number of hydrogen-bond acceptors (Lipinski definition) is 5. The summed E-state index contributed by atoms with van der Waals surface area (Å²) in [4.78, 5) is 28.9. The van der Waals surface area contributed by atoms with Crippen molar-refractivity contribution in [1.82, 2.24) is 4.98 Å². The Labute approximate surface area is 122 Å². The number of thiazole rings is 1. The van der Waals surface area contributed by atoms with Crippen molar-refractivity contribution in [3.05, 3.63) is 10.6 Å². The number of hydrogen-bond donors (Lipinski definition) is 1. The van der Waals surface area contributed by atoms with E-state index in [2.05, 4.69) is 4.98 Å². The molecule has 20 heavy (non-hydrogen) atoms. The largest absolute Gasteiger partial charge is 0.477 e. The normalized spacial score (nSPS) is 11.2. The number of carbonyl (C=O) groups is 2. The number of anilines is 1. The van der Waals surface area contributed by atoms with Gasteiger partial charge in [0.2, 0.25) is 0 Å². The number of carboxylic acid groups (broad SMARTS) is 1. The lowest BCUT2D eigenvalue weighted by atomic mass is 10.2. The Morgan fingerprint density at radius 3 is 2.40 bits per heavy atom. The van der Waals surface area contributed by atoms with Crippen LogP contribution in [-0.2, 0) is 4.74 Å². The molecule has 1 aromatic rings. The first-order chi connectivity index (χ1) is 9.15. The van der Waals surface area contributed by atoms with E-state index in [0.29, 0.717) is 17.4 Å². The van der Waals surface area contributed by atoms with E-state index in [-0.39, 0.29) is 4.88 Å². The van der Waals surface area contributed by atoms with E-state index < -0.39 is 17.7 Å². The van der Waals surface area contributed by atoms with Gasteiger partial charge in [0.15, 0.2) is 5.13 Å². The summed E-state index contributed by atoms with van der Waals surface area (Å²) in [5, 5.41) is 9.41. The Morgan fingerprint density at radius 2 is 2.00 bits per heavy atom. The minimum atomic E-state index is -1.04. The topological polar surface area (TPSA) is 79.7 Å². The Morgan fingerprint density at radius 1 is 1.40 bits per heavy atom. The van der Waals surface area contributed by atoms with E-state index in [9.17, 15) is 9.59 Å². The summed E-state index contributed by atoms with van der Waals surface area (Å²) >= 11 is 0.984. The van der Waals surface area contributed by atoms with Crippen LogP contribution in [0.3, 0.4) is 0 Å². The van der Waals surface area contributed by atoms with Crippen molar-refractivity contribution in [2.24, 2.45) is 0 Å². The van der Waals surface area contributed by atoms with Crippen LogP contribution < -0.4 is 4.90 Å². The highest BCUT2D eigenvalue weighted by molar-refractivity contribution is 7.17. The van der Waals surface area contributed by atoms with Crippen LogP contribution in [0, 0.1) is 6.92 Å². The molecule has 112 valence electrons. The molecule has 0 saturated carbocycles. The highest BCUT2D eigenvalue weighted by Gasteiger charge is 2.26. The lowest BCUT2D eigenvalue weighted by molar-refractivity contribution is 0.0579. The summed E-state index contributed by atoms with van der Waals surface area (Å²) in [5.74, 6) is -1.04. The van der Waals surface area contributed by atoms with Gasteiger partial charge in [0, 0.05) is 6.54 Å². The van der Waals surface area contributed by atoms with E-state index in [1.807, 2.05) is 6.92 Å². The number of nitrogens with zero attached hydrogens (tertiary/aromatic N) is 2. The van der Waals surface area contributed by atoms with Crippen molar-refractivity contribution >= 4 is 28.5 Å². The number of aromatic carboxylic acids is 1. The molecule has 0 aliphatic heterocycles. The number of aromatic nitrogens is 1. The van der Waals surface area contributed by atoms with Crippen LogP contribution >= 0.6 is 11.3 Å². The standard InChI is InChI=1S/C13H20N2O4S/c1-6-7-15(12(18)19-13(3,4)5)11-14-8(2)9(20-11)10(16)17/h6-7H2,1-5H3,(H,16,17). The second-order valence-corrected chi connectivity index (χ2v) is 6.33. The Kier molecular flexibility index (Phi) is 5.10. The number of carbonyl (C=O) groups excluding carboxylic acids is 1. The van der Waals surface area contributed by atoms with Crippen LogP contribution in [-0.4, -0.2) is 34.3 Å². The Hall–Kier alpha value is -1.63. The van der Waals surface area contributed by atoms with Gasteiger partial charge >= 0.3 is 12.1 Å². The molecule has 0 bridgehead atoms. The average molecular weight is 300 g/mol. The van der Waals surface area contributed by atoms with Crippen LogP contribution in [0.2, 0.25) is 0 Å². The molecule has 0 unspecified atom stereocenters. The second kappa shape index (κ2) is 6.21. The van der Waals surface area contributed by atoms with Gasteiger partial charge in [-0.15, -0.1) is 0 Å². The van der Waals surface area contributed by atoms with Gasteiger partial charge in [-0.05, 0) is 34.1 Å². The maximum Gasteiger partial charge on any atom is 0.416 e.